The topological polar surface area (TPSA) is 74.0 Å². The summed E-state index contributed by atoms with van der Waals surface area (Å²) < 4.78 is -0.216. The van der Waals surface area contributed by atoms with Crippen LogP contribution in [0.1, 0.15) is 37.6 Å². The number of hydrogen-bond donors (Lipinski definition) is 1. The van der Waals surface area contributed by atoms with Crippen LogP contribution in [0.25, 0.3) is 11.1 Å². The Morgan fingerprint density at radius 3 is 2.47 bits per heavy atom. The maximum atomic E-state index is 9.86. The van der Waals surface area contributed by atoms with Gasteiger partial charge in [-0.25, -0.2) is 9.97 Å². The minimum Gasteiger partial charge on any atom is -0.395 e. The molecule has 1 saturated heterocycles. The van der Waals surface area contributed by atoms with Crippen LogP contribution in [-0.2, 0) is 5.41 Å². The van der Waals surface area contributed by atoms with E-state index in [1.54, 1.807) is 0 Å². The van der Waals surface area contributed by atoms with E-state index in [1.165, 1.54) is 18.4 Å². The molecule has 0 amide bonds. The third-order valence-corrected chi connectivity index (χ3v) is 7.55. The summed E-state index contributed by atoms with van der Waals surface area (Å²) in [6.45, 7) is 9.53. The van der Waals surface area contributed by atoms with Gasteiger partial charge in [0.1, 0.15) is 11.7 Å². The molecule has 6 nitrogen and oxygen atoms in total. The highest BCUT2D eigenvalue weighted by Crippen LogP contribution is 2.49. The number of hydrogen-bond acceptors (Lipinski definition) is 6. The predicted molar refractivity (Wildman–Crippen MR) is 124 cm³/mol. The summed E-state index contributed by atoms with van der Waals surface area (Å²) in [5.74, 6) is 2.69. The highest BCUT2D eigenvalue weighted by Gasteiger charge is 2.46. The van der Waals surface area contributed by atoms with Crippen LogP contribution in [0.5, 0.6) is 0 Å². The second kappa shape index (κ2) is 8.47. The molecular formula is C23H29N5OS. The summed E-state index contributed by atoms with van der Waals surface area (Å²) in [6, 6.07) is 8.83. The van der Waals surface area contributed by atoms with Crippen molar-refractivity contribution in [2.75, 3.05) is 25.4 Å². The van der Waals surface area contributed by atoms with Crippen LogP contribution in [0.3, 0.4) is 0 Å². The zero-order valence-electron chi connectivity index (χ0n) is 17.7. The van der Waals surface area contributed by atoms with E-state index >= 15 is 0 Å². The Labute approximate surface area is 182 Å². The van der Waals surface area contributed by atoms with Gasteiger partial charge in [-0.2, -0.15) is 16.9 Å². The average molecular weight is 424 g/mol. The van der Waals surface area contributed by atoms with Gasteiger partial charge in [0.25, 0.3) is 0 Å². The Bertz CT molecular complexity index is 924. The number of aromatic nitrogens is 2. The molecule has 4 rings (SSSR count). The summed E-state index contributed by atoms with van der Waals surface area (Å²) in [4.78, 5) is 11.0. The fourth-order valence-corrected chi connectivity index (χ4v) is 5.22. The minimum atomic E-state index is -0.216. The van der Waals surface area contributed by atoms with Crippen molar-refractivity contribution in [2.24, 2.45) is 10.2 Å². The maximum absolute atomic E-state index is 9.86. The number of benzene rings is 1. The molecule has 0 unspecified atom stereocenters. The van der Waals surface area contributed by atoms with Gasteiger partial charge in [0, 0.05) is 60.1 Å². The van der Waals surface area contributed by atoms with Gasteiger partial charge in [-0.05, 0) is 37.8 Å². The van der Waals surface area contributed by atoms with Crippen molar-refractivity contribution in [1.29, 1.82) is 0 Å². The first-order valence-electron chi connectivity index (χ1n) is 10.4. The molecule has 2 fully saturated rings. The zero-order chi connectivity index (χ0) is 21.2. The maximum Gasteiger partial charge on any atom is 0.129 e. The molecule has 1 atom stereocenters. The molecule has 0 bridgehead atoms. The normalized spacial score (nSPS) is 24.5. The van der Waals surface area contributed by atoms with Crippen molar-refractivity contribution in [3.05, 3.63) is 48.0 Å². The standard InChI is InChI=1S/C23H29N5OS/c1-17-25-13-19(14-26-17)18-4-6-20(7-5-18)23(8-9-23)15-28-10-11-30-22(2,16-29)12-21(28)27-24-3/h4-7,13-14,29H,3,8-12,15-16H2,1-2H3/b27-21-/t22-/m1/s1. The smallest absolute Gasteiger partial charge is 0.129 e. The van der Waals surface area contributed by atoms with Crippen LogP contribution in [0, 0.1) is 6.92 Å². The quantitative estimate of drug-likeness (QED) is 0.567. The monoisotopic (exact) mass is 423 g/mol. The SMILES string of the molecule is C=N/N=C1/C[C@](C)(CO)SCCN1CC1(c2ccc(-c3cnc(C)nc3)cc2)CC1. The molecule has 1 aromatic heterocycles. The molecule has 1 N–H and O–H groups in total. The highest BCUT2D eigenvalue weighted by molar-refractivity contribution is 8.00. The van der Waals surface area contributed by atoms with E-state index in [0.717, 1.165) is 41.6 Å². The Morgan fingerprint density at radius 2 is 1.87 bits per heavy atom. The van der Waals surface area contributed by atoms with Crippen LogP contribution in [0.15, 0.2) is 46.9 Å². The number of amidine groups is 1. The van der Waals surface area contributed by atoms with Crippen molar-refractivity contribution in [3.8, 4) is 11.1 Å². The number of aliphatic hydroxyl groups is 1. The van der Waals surface area contributed by atoms with Gasteiger partial charge >= 0.3 is 0 Å². The first-order chi connectivity index (χ1) is 14.5. The summed E-state index contributed by atoms with van der Waals surface area (Å²) in [5, 5.41) is 18.0. The first kappa shape index (κ1) is 21.0. The van der Waals surface area contributed by atoms with Crippen molar-refractivity contribution < 1.29 is 5.11 Å². The van der Waals surface area contributed by atoms with Crippen molar-refractivity contribution in [2.45, 2.75) is 43.3 Å². The summed E-state index contributed by atoms with van der Waals surface area (Å²) in [6.07, 6.45) is 6.81. The molecule has 2 heterocycles. The summed E-state index contributed by atoms with van der Waals surface area (Å²) in [5.41, 5.74) is 3.70. The minimum absolute atomic E-state index is 0.136. The van der Waals surface area contributed by atoms with Crippen LogP contribution in [0.2, 0.25) is 0 Å². The number of rotatable bonds is 6. The molecule has 0 spiro atoms. The largest absolute Gasteiger partial charge is 0.395 e. The second-order valence-electron chi connectivity index (χ2n) is 8.59. The van der Waals surface area contributed by atoms with E-state index in [4.69, 9.17) is 0 Å². The third kappa shape index (κ3) is 4.42. The molecule has 1 aliphatic carbocycles. The molecule has 1 aromatic carbocycles. The van der Waals surface area contributed by atoms with Crippen LogP contribution in [-0.4, -0.2) is 62.7 Å². The van der Waals surface area contributed by atoms with Gasteiger partial charge < -0.3 is 10.0 Å². The van der Waals surface area contributed by atoms with Crippen molar-refractivity contribution in [3.63, 3.8) is 0 Å². The molecule has 0 radical (unpaired) electrons. The average Bonchev–Trinajstić information content (AvgIpc) is 3.56. The molecule has 1 saturated carbocycles. The van der Waals surface area contributed by atoms with E-state index in [0.29, 0.717) is 6.42 Å². The van der Waals surface area contributed by atoms with Gasteiger partial charge in [0.05, 0.1) is 6.61 Å². The molecule has 2 aliphatic rings. The van der Waals surface area contributed by atoms with Gasteiger partial charge in [-0.3, -0.25) is 0 Å². The van der Waals surface area contributed by atoms with E-state index in [2.05, 4.69) is 63.0 Å². The lowest BCUT2D eigenvalue weighted by Crippen LogP contribution is -2.40. The number of aliphatic hydroxyl groups excluding tert-OH is 1. The molecule has 7 heteroatoms. The Morgan fingerprint density at radius 1 is 1.17 bits per heavy atom. The van der Waals surface area contributed by atoms with E-state index < -0.39 is 0 Å². The lowest BCUT2D eigenvalue weighted by Gasteiger charge is -2.30. The summed E-state index contributed by atoms with van der Waals surface area (Å²) in [7, 11) is 0. The molecule has 30 heavy (non-hydrogen) atoms. The van der Waals surface area contributed by atoms with Crippen molar-refractivity contribution >= 4 is 24.3 Å². The highest BCUT2D eigenvalue weighted by atomic mass is 32.2. The Balaban J connectivity index is 1.53. The first-order valence-corrected chi connectivity index (χ1v) is 11.4. The number of thioether (sulfide) groups is 1. The number of aryl methyl sites for hydroxylation is 1. The van der Waals surface area contributed by atoms with E-state index in [1.807, 2.05) is 31.1 Å². The summed E-state index contributed by atoms with van der Waals surface area (Å²) >= 11 is 1.82. The Kier molecular flexibility index (Phi) is 5.93. The van der Waals surface area contributed by atoms with Crippen LogP contribution < -0.4 is 0 Å². The molecule has 2 aromatic rings. The predicted octanol–water partition coefficient (Wildman–Crippen LogP) is 3.69. The fourth-order valence-electron chi connectivity index (χ4n) is 4.09. The van der Waals surface area contributed by atoms with Gasteiger partial charge in [-0.15, -0.1) is 5.10 Å². The zero-order valence-corrected chi connectivity index (χ0v) is 18.5. The molecule has 158 valence electrons. The van der Waals surface area contributed by atoms with Crippen LogP contribution >= 0.6 is 11.8 Å². The van der Waals surface area contributed by atoms with E-state index in [9.17, 15) is 5.11 Å². The van der Waals surface area contributed by atoms with Gasteiger partial charge in [0.2, 0.25) is 0 Å². The molecule has 1 aliphatic heterocycles. The van der Waals surface area contributed by atoms with E-state index in [-0.39, 0.29) is 16.8 Å². The second-order valence-corrected chi connectivity index (χ2v) is 10.3. The van der Waals surface area contributed by atoms with Crippen molar-refractivity contribution in [1.82, 2.24) is 14.9 Å². The lowest BCUT2D eigenvalue weighted by molar-refractivity contribution is 0.257. The van der Waals surface area contributed by atoms with Gasteiger partial charge in [-0.1, -0.05) is 24.3 Å². The fraction of sp³-hybridized carbons (Fsp3) is 0.478. The van der Waals surface area contributed by atoms with Crippen LogP contribution in [0.4, 0.5) is 0 Å². The number of nitrogens with zero attached hydrogens (tertiary/aromatic N) is 5. The third-order valence-electron chi connectivity index (χ3n) is 6.19. The lowest BCUT2D eigenvalue weighted by atomic mass is 9.93. The van der Waals surface area contributed by atoms with Gasteiger partial charge in [0.15, 0.2) is 0 Å². The Hall–Kier alpha value is -2.25. The molecular weight excluding hydrogens is 394 g/mol.